The quantitative estimate of drug-likeness (QED) is 0.211. The lowest BCUT2D eigenvalue weighted by molar-refractivity contribution is -0.124. The van der Waals surface area contributed by atoms with Crippen molar-refractivity contribution in [2.24, 2.45) is 10.8 Å². The third-order valence-electron chi connectivity index (χ3n) is 2.23. The van der Waals surface area contributed by atoms with Crippen molar-refractivity contribution in [1.82, 2.24) is 16.1 Å². The van der Waals surface area contributed by atoms with Crippen molar-refractivity contribution in [3.63, 3.8) is 0 Å². The minimum Gasteiger partial charge on any atom is -0.354 e. The van der Waals surface area contributed by atoms with Gasteiger partial charge in [-0.15, -0.1) is 0 Å². The van der Waals surface area contributed by atoms with Crippen molar-refractivity contribution < 1.29 is 4.79 Å². The van der Waals surface area contributed by atoms with Gasteiger partial charge in [-0.3, -0.25) is 15.2 Å². The maximum absolute atomic E-state index is 11.4. The zero-order valence-electron chi connectivity index (χ0n) is 9.05. The summed E-state index contributed by atoms with van der Waals surface area (Å²) in [6, 6.07) is -0.217. The number of carbonyl (C=O) groups is 1. The first-order valence-electron chi connectivity index (χ1n) is 5.33. The largest absolute Gasteiger partial charge is 0.354 e. The molecule has 1 atom stereocenters. The fourth-order valence-corrected chi connectivity index (χ4v) is 1.43. The Morgan fingerprint density at radius 3 is 3.13 bits per heavy atom. The highest BCUT2D eigenvalue weighted by Gasteiger charge is 2.22. The van der Waals surface area contributed by atoms with Crippen molar-refractivity contribution in [3.05, 3.63) is 0 Å². The maximum atomic E-state index is 11.4. The van der Waals surface area contributed by atoms with Crippen LogP contribution in [-0.2, 0) is 4.79 Å². The highest BCUT2D eigenvalue weighted by molar-refractivity contribution is 5.89. The van der Waals surface area contributed by atoms with Gasteiger partial charge < -0.3 is 10.6 Å². The van der Waals surface area contributed by atoms with E-state index in [0.29, 0.717) is 12.5 Å². The maximum Gasteiger partial charge on any atom is 0.242 e. The minimum atomic E-state index is -0.217. The highest BCUT2D eigenvalue weighted by atomic mass is 16.2. The number of hydrogen-bond acceptors (Lipinski definition) is 3. The van der Waals surface area contributed by atoms with Crippen molar-refractivity contribution in [2.45, 2.75) is 32.2 Å². The Morgan fingerprint density at radius 2 is 2.53 bits per heavy atom. The van der Waals surface area contributed by atoms with E-state index in [1.165, 1.54) is 0 Å². The summed E-state index contributed by atoms with van der Waals surface area (Å²) in [7, 11) is 0. The summed E-state index contributed by atoms with van der Waals surface area (Å²) in [4.78, 5) is 15.6. The molecule has 0 spiro atoms. The minimum absolute atomic E-state index is 0.0145. The molecule has 5 N–H and O–H groups in total. The lowest BCUT2D eigenvalue weighted by Crippen LogP contribution is -2.54. The second-order valence-corrected chi connectivity index (χ2v) is 3.50. The van der Waals surface area contributed by atoms with Crippen molar-refractivity contribution in [1.29, 1.82) is 0 Å². The van der Waals surface area contributed by atoms with E-state index in [2.05, 4.69) is 21.1 Å². The van der Waals surface area contributed by atoms with Crippen molar-refractivity contribution in [2.75, 3.05) is 13.1 Å². The number of aliphatic imine (C=N–C) groups is 1. The molecule has 86 valence electrons. The normalized spacial score (nSPS) is 22.1. The van der Waals surface area contributed by atoms with Gasteiger partial charge in [0.25, 0.3) is 0 Å². The van der Waals surface area contributed by atoms with E-state index in [4.69, 9.17) is 5.84 Å². The Balaban J connectivity index is 2.46. The standard InChI is InChI=1S/C9H19N5O/c1-2-5-12-9(14-10)13-7-4-3-6-11-8(7)15/h7H,2-6,10H2,1H3,(H,11,15)(H2,12,13,14). The Bertz CT molecular complexity index is 241. The Hall–Kier alpha value is -1.30. The fourth-order valence-electron chi connectivity index (χ4n) is 1.43. The molecule has 0 bridgehead atoms. The van der Waals surface area contributed by atoms with Crippen molar-refractivity contribution in [3.8, 4) is 0 Å². The average molecular weight is 213 g/mol. The van der Waals surface area contributed by atoms with E-state index in [1.807, 2.05) is 6.92 Å². The van der Waals surface area contributed by atoms with Crippen LogP contribution in [0.3, 0.4) is 0 Å². The molecule has 1 amide bonds. The predicted molar refractivity (Wildman–Crippen MR) is 59.1 cm³/mol. The first-order chi connectivity index (χ1) is 7.27. The number of piperidine rings is 1. The Kier molecular flexibility index (Phi) is 4.89. The van der Waals surface area contributed by atoms with Crippen molar-refractivity contribution >= 4 is 11.9 Å². The van der Waals surface area contributed by atoms with Gasteiger partial charge in [0.1, 0.15) is 6.04 Å². The number of nitrogens with zero attached hydrogens (tertiary/aromatic N) is 1. The number of hydrogen-bond donors (Lipinski definition) is 4. The molecular formula is C9H19N5O. The number of rotatable bonds is 3. The second kappa shape index (κ2) is 6.23. The van der Waals surface area contributed by atoms with Gasteiger partial charge in [0.15, 0.2) is 0 Å². The van der Waals surface area contributed by atoms with Crippen LogP contribution in [0.1, 0.15) is 26.2 Å². The third-order valence-corrected chi connectivity index (χ3v) is 2.23. The molecule has 0 saturated carbocycles. The number of carbonyl (C=O) groups excluding carboxylic acids is 1. The summed E-state index contributed by atoms with van der Waals surface area (Å²) in [5.74, 6) is 5.80. The van der Waals surface area contributed by atoms with Gasteiger partial charge in [0, 0.05) is 13.1 Å². The molecule has 0 aliphatic carbocycles. The van der Waals surface area contributed by atoms with E-state index >= 15 is 0 Å². The summed E-state index contributed by atoms with van der Waals surface area (Å²) < 4.78 is 0. The lowest BCUT2D eigenvalue weighted by atomic mass is 10.1. The van der Waals surface area contributed by atoms with Crippen LogP contribution in [0.25, 0.3) is 0 Å². The Labute approximate surface area is 89.7 Å². The van der Waals surface area contributed by atoms with Crippen LogP contribution in [0.4, 0.5) is 0 Å². The second-order valence-electron chi connectivity index (χ2n) is 3.50. The third kappa shape index (κ3) is 3.75. The SMILES string of the molecule is CCCN=C(NN)NC1CCCNC1=O. The molecule has 6 nitrogen and oxygen atoms in total. The van der Waals surface area contributed by atoms with Crippen LogP contribution >= 0.6 is 0 Å². The molecular weight excluding hydrogens is 194 g/mol. The predicted octanol–water partition coefficient (Wildman–Crippen LogP) is -0.916. The van der Waals surface area contributed by atoms with Crippen LogP contribution in [-0.4, -0.2) is 31.0 Å². The van der Waals surface area contributed by atoms with E-state index < -0.39 is 0 Å². The molecule has 1 aliphatic rings. The molecule has 1 aliphatic heterocycles. The van der Waals surface area contributed by atoms with Crippen LogP contribution in [0.2, 0.25) is 0 Å². The van der Waals surface area contributed by atoms with Crippen LogP contribution in [0.5, 0.6) is 0 Å². The van der Waals surface area contributed by atoms with Gasteiger partial charge in [0.05, 0.1) is 0 Å². The summed E-state index contributed by atoms with van der Waals surface area (Å²) in [6.07, 6.45) is 2.75. The molecule has 1 saturated heterocycles. The number of nitrogens with two attached hydrogens (primary N) is 1. The molecule has 0 aromatic rings. The van der Waals surface area contributed by atoms with E-state index in [-0.39, 0.29) is 11.9 Å². The molecule has 1 heterocycles. The lowest BCUT2D eigenvalue weighted by Gasteiger charge is -2.23. The van der Waals surface area contributed by atoms with Gasteiger partial charge in [0.2, 0.25) is 11.9 Å². The van der Waals surface area contributed by atoms with Gasteiger partial charge in [-0.05, 0) is 19.3 Å². The topological polar surface area (TPSA) is 91.5 Å². The van der Waals surface area contributed by atoms with Crippen LogP contribution in [0, 0.1) is 0 Å². The monoisotopic (exact) mass is 213 g/mol. The molecule has 1 rings (SSSR count). The average Bonchev–Trinajstić information content (AvgIpc) is 2.26. The van der Waals surface area contributed by atoms with Gasteiger partial charge in [-0.25, -0.2) is 5.84 Å². The van der Waals surface area contributed by atoms with E-state index in [1.54, 1.807) is 0 Å². The van der Waals surface area contributed by atoms with Gasteiger partial charge >= 0.3 is 0 Å². The molecule has 1 unspecified atom stereocenters. The Morgan fingerprint density at radius 1 is 1.73 bits per heavy atom. The first kappa shape index (κ1) is 11.8. The number of guanidine groups is 1. The summed E-state index contributed by atoms with van der Waals surface area (Å²) in [6.45, 7) is 3.49. The summed E-state index contributed by atoms with van der Waals surface area (Å²) >= 11 is 0. The summed E-state index contributed by atoms with van der Waals surface area (Å²) in [5, 5.41) is 5.78. The van der Waals surface area contributed by atoms with Gasteiger partial charge in [-0.2, -0.15) is 0 Å². The zero-order chi connectivity index (χ0) is 11.1. The molecule has 0 radical (unpaired) electrons. The summed E-state index contributed by atoms with van der Waals surface area (Å²) in [5.41, 5.74) is 2.46. The van der Waals surface area contributed by atoms with E-state index in [9.17, 15) is 4.79 Å². The smallest absolute Gasteiger partial charge is 0.242 e. The molecule has 0 aromatic carbocycles. The highest BCUT2D eigenvalue weighted by Crippen LogP contribution is 2.02. The number of hydrazine groups is 1. The van der Waals surface area contributed by atoms with Crippen LogP contribution < -0.4 is 21.9 Å². The number of amides is 1. The zero-order valence-corrected chi connectivity index (χ0v) is 9.05. The molecule has 15 heavy (non-hydrogen) atoms. The van der Waals surface area contributed by atoms with Gasteiger partial charge in [-0.1, -0.05) is 6.92 Å². The molecule has 0 aromatic heterocycles. The number of nitrogens with one attached hydrogen (secondary N) is 3. The van der Waals surface area contributed by atoms with Crippen LogP contribution in [0.15, 0.2) is 4.99 Å². The molecule has 6 heteroatoms. The molecule has 1 fully saturated rings. The van der Waals surface area contributed by atoms with E-state index in [0.717, 1.165) is 25.8 Å². The fraction of sp³-hybridized carbons (Fsp3) is 0.778. The first-order valence-corrected chi connectivity index (χ1v) is 5.33.